The summed E-state index contributed by atoms with van der Waals surface area (Å²) in [7, 11) is -3.98. The van der Waals surface area contributed by atoms with Gasteiger partial charge in [0.1, 0.15) is 10.9 Å². The number of rotatable bonds is 7. The quantitative estimate of drug-likeness (QED) is 0.732. The Morgan fingerprint density at radius 2 is 2.20 bits per heavy atom. The van der Waals surface area contributed by atoms with Crippen molar-refractivity contribution in [2.24, 2.45) is 0 Å². The Hall–Kier alpha value is -0.280. The zero-order valence-electron chi connectivity index (χ0n) is 10.5. The summed E-state index contributed by atoms with van der Waals surface area (Å²) in [5.41, 5.74) is 0. The monoisotopic (exact) mass is 401 g/mol. The van der Waals surface area contributed by atoms with Crippen molar-refractivity contribution in [1.82, 2.24) is 4.72 Å². The van der Waals surface area contributed by atoms with Crippen molar-refractivity contribution in [3.63, 3.8) is 0 Å². The summed E-state index contributed by atoms with van der Waals surface area (Å²) in [5.74, 6) is -0.677. The maximum absolute atomic E-state index is 12.2. The number of thioether (sulfide) groups is 1. The van der Waals surface area contributed by atoms with E-state index in [1.165, 1.54) is 30.0 Å². The van der Waals surface area contributed by atoms with Crippen LogP contribution in [0.15, 0.2) is 27.6 Å². The van der Waals surface area contributed by atoms with Gasteiger partial charge in [0.25, 0.3) is 0 Å². The molecule has 0 aliphatic heterocycles. The average Bonchev–Trinajstić information content (AvgIpc) is 2.33. The van der Waals surface area contributed by atoms with E-state index in [-0.39, 0.29) is 16.3 Å². The van der Waals surface area contributed by atoms with E-state index in [2.05, 4.69) is 20.7 Å². The van der Waals surface area contributed by atoms with Crippen LogP contribution in [0.5, 0.6) is 0 Å². The minimum atomic E-state index is -3.98. The Morgan fingerprint density at radius 1 is 1.55 bits per heavy atom. The SMILES string of the molecule is CSCC[C@H](NS(=O)(=O)c1ccc(Br)cc1Cl)C(=O)O. The van der Waals surface area contributed by atoms with Crippen LogP contribution >= 0.6 is 39.3 Å². The second kappa shape index (κ2) is 7.65. The summed E-state index contributed by atoms with van der Waals surface area (Å²) in [5, 5.41) is 9.08. The lowest BCUT2D eigenvalue weighted by Gasteiger charge is -2.15. The lowest BCUT2D eigenvalue weighted by Crippen LogP contribution is -2.41. The van der Waals surface area contributed by atoms with Gasteiger partial charge < -0.3 is 5.11 Å². The molecule has 0 radical (unpaired) electrons. The molecule has 9 heteroatoms. The van der Waals surface area contributed by atoms with Crippen LogP contribution in [-0.4, -0.2) is 37.5 Å². The van der Waals surface area contributed by atoms with Gasteiger partial charge in [-0.1, -0.05) is 27.5 Å². The topological polar surface area (TPSA) is 83.5 Å². The zero-order valence-corrected chi connectivity index (χ0v) is 14.4. The number of carbonyl (C=O) groups is 1. The van der Waals surface area contributed by atoms with Crippen LogP contribution in [-0.2, 0) is 14.8 Å². The lowest BCUT2D eigenvalue weighted by molar-refractivity contribution is -0.139. The molecule has 0 aliphatic rings. The van der Waals surface area contributed by atoms with E-state index in [9.17, 15) is 13.2 Å². The van der Waals surface area contributed by atoms with Crippen molar-refractivity contribution in [3.8, 4) is 0 Å². The summed E-state index contributed by atoms with van der Waals surface area (Å²) in [4.78, 5) is 10.9. The smallest absolute Gasteiger partial charge is 0.321 e. The van der Waals surface area contributed by atoms with Gasteiger partial charge in [-0.3, -0.25) is 4.79 Å². The van der Waals surface area contributed by atoms with Gasteiger partial charge in [0, 0.05) is 4.47 Å². The maximum atomic E-state index is 12.2. The van der Waals surface area contributed by atoms with Crippen molar-refractivity contribution in [2.45, 2.75) is 17.4 Å². The summed E-state index contributed by atoms with van der Waals surface area (Å²) >= 11 is 10.5. The number of aliphatic carboxylic acids is 1. The highest BCUT2D eigenvalue weighted by molar-refractivity contribution is 9.10. The largest absolute Gasteiger partial charge is 0.480 e. The standard InChI is InChI=1S/C11H13BrClNO4S2/c1-19-5-4-9(11(15)16)14-20(17,18)10-3-2-7(12)6-8(10)13/h2-3,6,9,14H,4-5H2,1H3,(H,15,16)/t9-/m0/s1. The van der Waals surface area contributed by atoms with Crippen molar-refractivity contribution < 1.29 is 18.3 Å². The molecule has 1 aromatic rings. The summed E-state index contributed by atoms with van der Waals surface area (Å²) in [6.07, 6.45) is 2.02. The first-order valence-electron chi connectivity index (χ1n) is 5.47. The minimum Gasteiger partial charge on any atom is -0.480 e. The van der Waals surface area contributed by atoms with E-state index < -0.39 is 22.0 Å². The number of sulfonamides is 1. The molecule has 0 heterocycles. The van der Waals surface area contributed by atoms with Crippen LogP contribution in [0.25, 0.3) is 0 Å². The molecule has 112 valence electrons. The molecule has 1 atom stereocenters. The highest BCUT2D eigenvalue weighted by atomic mass is 79.9. The Morgan fingerprint density at radius 3 is 2.70 bits per heavy atom. The Kier molecular flexibility index (Phi) is 6.80. The molecule has 0 unspecified atom stereocenters. The molecule has 1 aromatic carbocycles. The number of hydrogen-bond donors (Lipinski definition) is 2. The fourth-order valence-electron chi connectivity index (χ4n) is 1.41. The van der Waals surface area contributed by atoms with Gasteiger partial charge >= 0.3 is 5.97 Å². The van der Waals surface area contributed by atoms with E-state index in [0.717, 1.165) is 0 Å². The summed E-state index contributed by atoms with van der Waals surface area (Å²) < 4.78 is 27.1. The second-order valence-electron chi connectivity index (χ2n) is 3.87. The van der Waals surface area contributed by atoms with Gasteiger partial charge in [0.15, 0.2) is 0 Å². The number of hydrogen-bond acceptors (Lipinski definition) is 4. The highest BCUT2D eigenvalue weighted by Gasteiger charge is 2.26. The van der Waals surface area contributed by atoms with Gasteiger partial charge in [0.2, 0.25) is 10.0 Å². The number of halogens is 2. The third-order valence-corrected chi connectivity index (χ3v) is 5.48. The molecule has 0 spiro atoms. The molecular weight excluding hydrogens is 390 g/mol. The average molecular weight is 403 g/mol. The molecule has 0 amide bonds. The maximum Gasteiger partial charge on any atom is 0.321 e. The molecule has 5 nitrogen and oxygen atoms in total. The predicted octanol–water partition coefficient (Wildman–Crippen LogP) is 2.59. The van der Waals surface area contributed by atoms with E-state index in [1.54, 1.807) is 0 Å². The Labute approximate surface area is 135 Å². The van der Waals surface area contributed by atoms with Crippen LogP contribution < -0.4 is 4.72 Å². The van der Waals surface area contributed by atoms with Gasteiger partial charge in [-0.15, -0.1) is 0 Å². The van der Waals surface area contributed by atoms with Crippen molar-refractivity contribution in [1.29, 1.82) is 0 Å². The van der Waals surface area contributed by atoms with Gasteiger partial charge in [0.05, 0.1) is 5.02 Å². The first-order valence-corrected chi connectivity index (χ1v) is 9.52. The predicted molar refractivity (Wildman–Crippen MR) is 83.9 cm³/mol. The van der Waals surface area contributed by atoms with Crippen LogP contribution in [0, 0.1) is 0 Å². The van der Waals surface area contributed by atoms with Crippen molar-refractivity contribution in [2.75, 3.05) is 12.0 Å². The van der Waals surface area contributed by atoms with Crippen molar-refractivity contribution >= 4 is 55.3 Å². The fraction of sp³-hybridized carbons (Fsp3) is 0.364. The van der Waals surface area contributed by atoms with E-state index in [4.69, 9.17) is 16.7 Å². The molecule has 0 aromatic heterocycles. The Bertz CT molecular complexity index is 594. The Balaban J connectivity index is 3.00. The van der Waals surface area contributed by atoms with E-state index in [0.29, 0.717) is 10.2 Å². The normalized spacial score (nSPS) is 13.2. The molecule has 0 fully saturated rings. The number of nitrogens with one attached hydrogen (secondary N) is 1. The second-order valence-corrected chi connectivity index (χ2v) is 7.86. The number of carboxylic acid groups (broad SMARTS) is 1. The van der Waals surface area contributed by atoms with E-state index >= 15 is 0 Å². The van der Waals surface area contributed by atoms with Gasteiger partial charge in [-0.25, -0.2) is 8.42 Å². The van der Waals surface area contributed by atoms with Crippen molar-refractivity contribution in [3.05, 3.63) is 27.7 Å². The molecular formula is C11H13BrClNO4S2. The van der Waals surface area contributed by atoms with Crippen LogP contribution in [0.3, 0.4) is 0 Å². The third-order valence-electron chi connectivity index (χ3n) is 2.39. The molecule has 0 aliphatic carbocycles. The molecule has 0 bridgehead atoms. The summed E-state index contributed by atoms with van der Waals surface area (Å²) in [6, 6.07) is 3.11. The number of carboxylic acids is 1. The van der Waals surface area contributed by atoms with Crippen LogP contribution in [0.4, 0.5) is 0 Å². The first-order chi connectivity index (χ1) is 9.27. The van der Waals surface area contributed by atoms with Gasteiger partial charge in [-0.05, 0) is 36.6 Å². The molecule has 20 heavy (non-hydrogen) atoms. The zero-order chi connectivity index (χ0) is 15.3. The minimum absolute atomic E-state index is 0.0286. The highest BCUT2D eigenvalue weighted by Crippen LogP contribution is 2.25. The molecule has 1 rings (SSSR count). The first kappa shape index (κ1) is 17.8. The molecule has 0 saturated heterocycles. The fourth-order valence-corrected chi connectivity index (χ4v) is 4.15. The lowest BCUT2D eigenvalue weighted by atomic mass is 10.2. The molecule has 0 saturated carbocycles. The van der Waals surface area contributed by atoms with Crippen LogP contribution in [0.1, 0.15) is 6.42 Å². The molecule has 2 N–H and O–H groups in total. The van der Waals surface area contributed by atoms with Gasteiger partial charge in [-0.2, -0.15) is 16.5 Å². The van der Waals surface area contributed by atoms with Crippen LogP contribution in [0.2, 0.25) is 5.02 Å². The third kappa shape index (κ3) is 4.92. The summed E-state index contributed by atoms with van der Waals surface area (Å²) in [6.45, 7) is 0. The number of benzene rings is 1. The van der Waals surface area contributed by atoms with E-state index in [1.807, 2.05) is 6.26 Å².